The van der Waals surface area contributed by atoms with Gasteiger partial charge in [0.15, 0.2) is 6.10 Å². The average molecular weight is 424 g/mol. The zero-order valence-corrected chi connectivity index (χ0v) is 16.5. The Hall–Kier alpha value is -2.57. The number of ether oxygens (including phenoxy) is 1. The molecule has 1 aromatic heterocycles. The Morgan fingerprint density at radius 1 is 1.29 bits per heavy atom. The molecule has 1 heterocycles. The van der Waals surface area contributed by atoms with Crippen LogP contribution in [0.4, 0.5) is 4.39 Å². The number of carboxylic acids is 1. The van der Waals surface area contributed by atoms with Gasteiger partial charge in [0.2, 0.25) is 0 Å². The van der Waals surface area contributed by atoms with Crippen LogP contribution in [-0.4, -0.2) is 22.2 Å². The van der Waals surface area contributed by atoms with Gasteiger partial charge < -0.3 is 14.8 Å². The number of hydrogen-bond donors (Lipinski definition) is 2. The monoisotopic (exact) mass is 423 g/mol. The van der Waals surface area contributed by atoms with Crippen molar-refractivity contribution in [2.75, 3.05) is 0 Å². The number of benzene rings is 2. The number of pyridine rings is 1. The van der Waals surface area contributed by atoms with Gasteiger partial charge in [-0.2, -0.15) is 0 Å². The second kappa shape index (κ2) is 7.81. The van der Waals surface area contributed by atoms with E-state index < -0.39 is 23.4 Å². The minimum absolute atomic E-state index is 0.0384. The van der Waals surface area contributed by atoms with E-state index in [1.54, 1.807) is 25.1 Å². The molecule has 0 saturated carbocycles. The van der Waals surface area contributed by atoms with E-state index in [1.165, 1.54) is 13.0 Å². The van der Waals surface area contributed by atoms with Crippen molar-refractivity contribution in [1.29, 1.82) is 0 Å². The summed E-state index contributed by atoms with van der Waals surface area (Å²) in [6, 6.07) is 7.42. The summed E-state index contributed by atoms with van der Waals surface area (Å²) in [5.41, 5.74) is 1.03. The first-order chi connectivity index (χ1) is 13.2. The summed E-state index contributed by atoms with van der Waals surface area (Å²) in [6.45, 7) is 3.03. The van der Waals surface area contributed by atoms with Crippen LogP contribution < -0.4 is 10.3 Å². The van der Waals surface area contributed by atoms with E-state index in [4.69, 9.17) is 33.0 Å². The Balaban J connectivity index is 2.19. The second-order valence-electron chi connectivity index (χ2n) is 6.36. The van der Waals surface area contributed by atoms with Crippen LogP contribution in [0.2, 0.25) is 10.0 Å². The molecule has 8 heteroatoms. The number of H-pyrrole nitrogens is 1. The maximum absolute atomic E-state index is 14.3. The number of hydrogen-bond acceptors (Lipinski definition) is 3. The summed E-state index contributed by atoms with van der Waals surface area (Å²) in [7, 11) is 0. The van der Waals surface area contributed by atoms with Gasteiger partial charge in [-0.25, -0.2) is 9.18 Å². The summed E-state index contributed by atoms with van der Waals surface area (Å²) in [5, 5.41) is 10.3. The molecule has 5 nitrogen and oxygen atoms in total. The number of aliphatic carboxylic acids is 1. The Bertz CT molecular complexity index is 1140. The molecular weight excluding hydrogens is 408 g/mol. The van der Waals surface area contributed by atoms with Gasteiger partial charge in [-0.05, 0) is 49.2 Å². The first-order valence-corrected chi connectivity index (χ1v) is 9.12. The molecule has 0 amide bonds. The fourth-order valence-corrected chi connectivity index (χ4v) is 3.45. The van der Waals surface area contributed by atoms with Crippen LogP contribution >= 0.6 is 23.2 Å². The number of halogens is 3. The van der Waals surface area contributed by atoms with Gasteiger partial charge in [0.25, 0.3) is 5.56 Å². The van der Waals surface area contributed by atoms with E-state index in [0.717, 1.165) is 6.07 Å². The summed E-state index contributed by atoms with van der Waals surface area (Å²) < 4.78 is 19.8. The molecular formula is C20H16Cl2FNO4. The molecule has 2 N–H and O–H groups in total. The predicted octanol–water partition coefficient (Wildman–Crippen LogP) is 4.73. The van der Waals surface area contributed by atoms with Crippen molar-refractivity contribution < 1.29 is 19.0 Å². The predicted molar refractivity (Wildman–Crippen MR) is 106 cm³/mol. The lowest BCUT2D eigenvalue weighted by atomic mass is 9.98. The van der Waals surface area contributed by atoms with Crippen LogP contribution in [0.1, 0.15) is 23.6 Å². The number of carboxylic acid groups (broad SMARTS) is 1. The lowest BCUT2D eigenvalue weighted by Crippen LogP contribution is -2.23. The number of carbonyl (C=O) groups is 1. The zero-order valence-electron chi connectivity index (χ0n) is 15.0. The number of aromatic amines is 1. The van der Waals surface area contributed by atoms with Gasteiger partial charge in [0.1, 0.15) is 11.6 Å². The molecule has 146 valence electrons. The Labute approximate surface area is 169 Å². The molecule has 0 fully saturated rings. The number of nitrogens with one attached hydrogen (secondary N) is 1. The number of rotatable bonds is 5. The molecule has 0 saturated heterocycles. The molecule has 0 bridgehead atoms. The summed E-state index contributed by atoms with van der Waals surface area (Å²) in [5.74, 6) is -1.63. The van der Waals surface area contributed by atoms with Gasteiger partial charge in [0, 0.05) is 27.4 Å². The molecule has 28 heavy (non-hydrogen) atoms. The van der Waals surface area contributed by atoms with Gasteiger partial charge in [-0.1, -0.05) is 29.3 Å². The first kappa shape index (κ1) is 20.2. The zero-order chi connectivity index (χ0) is 20.6. The third kappa shape index (κ3) is 3.84. The smallest absolute Gasteiger partial charge is 0.344 e. The van der Waals surface area contributed by atoms with E-state index in [9.17, 15) is 14.0 Å². The van der Waals surface area contributed by atoms with Gasteiger partial charge >= 0.3 is 5.97 Å². The Kier molecular flexibility index (Phi) is 5.63. The lowest BCUT2D eigenvalue weighted by molar-refractivity contribution is -0.144. The van der Waals surface area contributed by atoms with Gasteiger partial charge in [0.05, 0.1) is 5.52 Å². The quantitative estimate of drug-likeness (QED) is 0.621. The fraction of sp³-hybridized carbons (Fsp3) is 0.200. The highest BCUT2D eigenvalue weighted by Gasteiger charge is 2.20. The molecule has 0 aliphatic carbocycles. The summed E-state index contributed by atoms with van der Waals surface area (Å²) in [4.78, 5) is 26.3. The van der Waals surface area contributed by atoms with Crippen molar-refractivity contribution in [2.24, 2.45) is 0 Å². The molecule has 1 atom stereocenters. The van der Waals surface area contributed by atoms with Gasteiger partial charge in [-0.15, -0.1) is 0 Å². The second-order valence-corrected chi connectivity index (χ2v) is 7.21. The van der Waals surface area contributed by atoms with Crippen LogP contribution in [0.5, 0.6) is 5.75 Å². The summed E-state index contributed by atoms with van der Waals surface area (Å²) >= 11 is 12.1. The van der Waals surface area contributed by atoms with Crippen molar-refractivity contribution in [3.8, 4) is 5.75 Å². The van der Waals surface area contributed by atoms with Gasteiger partial charge in [-0.3, -0.25) is 4.79 Å². The normalized spacial score (nSPS) is 12.2. The van der Waals surface area contributed by atoms with Crippen LogP contribution in [0, 0.1) is 12.7 Å². The third-order valence-electron chi connectivity index (χ3n) is 4.49. The van der Waals surface area contributed by atoms with Crippen LogP contribution in [0.15, 0.2) is 35.1 Å². The van der Waals surface area contributed by atoms with E-state index >= 15 is 0 Å². The van der Waals surface area contributed by atoms with Crippen LogP contribution in [-0.2, 0) is 11.2 Å². The molecule has 0 spiro atoms. The van der Waals surface area contributed by atoms with E-state index in [2.05, 4.69) is 4.98 Å². The van der Waals surface area contributed by atoms with E-state index in [0.29, 0.717) is 32.1 Å². The minimum atomic E-state index is -1.16. The Morgan fingerprint density at radius 2 is 2.00 bits per heavy atom. The largest absolute Gasteiger partial charge is 0.479 e. The Morgan fingerprint density at radius 3 is 2.64 bits per heavy atom. The average Bonchev–Trinajstić information content (AvgIpc) is 2.62. The summed E-state index contributed by atoms with van der Waals surface area (Å²) in [6.07, 6.45) is -0.952. The van der Waals surface area contributed by atoms with Crippen LogP contribution in [0.25, 0.3) is 10.9 Å². The van der Waals surface area contributed by atoms with E-state index in [1.807, 2.05) is 0 Å². The number of fused-ring (bicyclic) bond motifs is 1. The van der Waals surface area contributed by atoms with Crippen molar-refractivity contribution in [3.63, 3.8) is 0 Å². The third-order valence-corrected chi connectivity index (χ3v) is 5.08. The van der Waals surface area contributed by atoms with Crippen molar-refractivity contribution in [2.45, 2.75) is 26.4 Å². The first-order valence-electron chi connectivity index (χ1n) is 8.36. The fourth-order valence-electron chi connectivity index (χ4n) is 2.97. The molecule has 3 aromatic rings. The highest BCUT2D eigenvalue weighted by atomic mass is 35.5. The molecule has 3 rings (SSSR count). The SMILES string of the molecule is Cc1c(Cc2ccc(Cl)cc2Cl)c(=O)[nH]c2c(F)ccc(OC(C)C(=O)O)c12. The van der Waals surface area contributed by atoms with Crippen LogP contribution in [0.3, 0.4) is 0 Å². The highest BCUT2D eigenvalue weighted by Crippen LogP contribution is 2.32. The van der Waals surface area contributed by atoms with Crippen molar-refractivity contribution in [3.05, 3.63) is 73.2 Å². The topological polar surface area (TPSA) is 79.4 Å². The molecule has 1 unspecified atom stereocenters. The highest BCUT2D eigenvalue weighted by molar-refractivity contribution is 6.35. The van der Waals surface area contributed by atoms with E-state index in [-0.39, 0.29) is 17.7 Å². The maximum Gasteiger partial charge on any atom is 0.344 e. The molecule has 0 radical (unpaired) electrons. The molecule has 0 aliphatic rings. The molecule has 2 aromatic carbocycles. The maximum atomic E-state index is 14.3. The van der Waals surface area contributed by atoms with Crippen molar-refractivity contribution in [1.82, 2.24) is 4.98 Å². The molecule has 0 aliphatic heterocycles. The minimum Gasteiger partial charge on any atom is -0.479 e. The lowest BCUT2D eigenvalue weighted by Gasteiger charge is -2.16. The van der Waals surface area contributed by atoms with Crippen molar-refractivity contribution >= 4 is 40.1 Å². The standard InChI is InChI=1S/C20H16Cl2FNO4/c1-9-13(7-11-3-4-12(21)8-14(11)22)19(25)24-18-15(23)5-6-16(17(9)18)28-10(2)20(26)27/h3-6,8,10H,7H2,1-2H3,(H,24,25)(H,26,27). The number of aromatic nitrogens is 1. The number of aryl methyl sites for hydroxylation is 1.